The number of cyclic esters (lactones) is 4. The van der Waals surface area contributed by atoms with E-state index in [1.807, 2.05) is 12.1 Å². The van der Waals surface area contributed by atoms with Crippen LogP contribution >= 0.6 is 0 Å². The largest absolute Gasteiger partial charge is 0.386 e. The molecule has 2 aliphatic carbocycles. The van der Waals surface area contributed by atoms with Crippen molar-refractivity contribution < 1.29 is 28.7 Å². The first-order chi connectivity index (χ1) is 19.9. The van der Waals surface area contributed by atoms with Gasteiger partial charge in [-0.3, -0.25) is 0 Å². The molecular weight excluding hydrogens is 516 g/mol. The summed E-state index contributed by atoms with van der Waals surface area (Å²) in [4.78, 5) is 50.8. The number of unbranched alkanes of at least 4 members (excludes halogenated alkanes) is 3. The second-order valence-corrected chi connectivity index (χ2v) is 11.2. The average Bonchev–Trinajstić information content (AvgIpc) is 3.63. The number of aryl methyl sites for hydroxylation is 1. The van der Waals surface area contributed by atoms with E-state index in [4.69, 9.17) is 9.47 Å². The van der Waals surface area contributed by atoms with E-state index >= 15 is 0 Å². The zero-order valence-corrected chi connectivity index (χ0v) is 22.3. The molecule has 0 N–H and O–H groups in total. The number of fused-ring (bicyclic) bond motifs is 12. The number of carbonyl (C=O) groups excluding carboxylic acids is 4. The third kappa shape index (κ3) is 3.02. The molecule has 0 radical (unpaired) electrons. The van der Waals surface area contributed by atoms with E-state index in [9.17, 15) is 19.2 Å². The van der Waals surface area contributed by atoms with Gasteiger partial charge in [0.2, 0.25) is 0 Å². The number of hydrogen-bond donors (Lipinski definition) is 0. The molecule has 2 aliphatic heterocycles. The topological polar surface area (TPSA) is 86.7 Å². The van der Waals surface area contributed by atoms with Gasteiger partial charge in [-0.25, -0.2) is 19.2 Å². The van der Waals surface area contributed by atoms with Crippen LogP contribution in [0, 0.1) is 0 Å². The Morgan fingerprint density at radius 2 is 1.05 bits per heavy atom. The van der Waals surface area contributed by atoms with Gasteiger partial charge in [0.05, 0.1) is 27.7 Å². The van der Waals surface area contributed by atoms with E-state index in [-0.39, 0.29) is 22.3 Å². The smallest absolute Gasteiger partial charge is 0.346 e. The van der Waals surface area contributed by atoms with Crippen LogP contribution in [0.15, 0.2) is 66.7 Å². The summed E-state index contributed by atoms with van der Waals surface area (Å²) in [7, 11) is 0. The molecule has 2 heterocycles. The van der Waals surface area contributed by atoms with Crippen LogP contribution in [-0.2, 0) is 21.3 Å². The monoisotopic (exact) mass is 540 g/mol. The molecule has 4 aliphatic rings. The van der Waals surface area contributed by atoms with Crippen LogP contribution in [0.2, 0.25) is 0 Å². The van der Waals surface area contributed by atoms with Gasteiger partial charge in [-0.15, -0.1) is 0 Å². The van der Waals surface area contributed by atoms with Gasteiger partial charge in [-0.05, 0) is 87.2 Å². The molecule has 0 saturated heterocycles. The second kappa shape index (κ2) is 8.33. The van der Waals surface area contributed by atoms with E-state index in [1.54, 1.807) is 24.3 Å². The van der Waals surface area contributed by atoms with Crippen molar-refractivity contribution in [3.05, 3.63) is 117 Å². The lowest BCUT2D eigenvalue weighted by molar-refractivity contribution is 0.0425. The number of rotatable bonds is 5. The molecule has 0 bridgehead atoms. The molecule has 0 atom stereocenters. The molecule has 200 valence electrons. The highest BCUT2D eigenvalue weighted by Crippen LogP contribution is 2.63. The zero-order chi connectivity index (χ0) is 28.0. The molecule has 4 aromatic carbocycles. The average molecular weight is 541 g/mol. The maximum atomic E-state index is 12.8. The molecule has 1 spiro atoms. The lowest BCUT2D eigenvalue weighted by Gasteiger charge is -2.31. The fraction of sp³-hybridized carbons (Fsp3) is 0.200. The van der Waals surface area contributed by atoms with Gasteiger partial charge in [-0.2, -0.15) is 0 Å². The van der Waals surface area contributed by atoms with Gasteiger partial charge < -0.3 is 9.47 Å². The minimum atomic E-state index is -0.863. The molecule has 0 aromatic heterocycles. The molecule has 4 aromatic rings. The first-order valence-electron chi connectivity index (χ1n) is 14.1. The van der Waals surface area contributed by atoms with E-state index < -0.39 is 29.3 Å². The van der Waals surface area contributed by atoms with Gasteiger partial charge in [0.25, 0.3) is 0 Å². The van der Waals surface area contributed by atoms with Crippen LogP contribution in [-0.4, -0.2) is 23.9 Å². The summed E-state index contributed by atoms with van der Waals surface area (Å²) >= 11 is 0. The summed E-state index contributed by atoms with van der Waals surface area (Å²) in [6.07, 6.45) is 5.55. The van der Waals surface area contributed by atoms with Crippen molar-refractivity contribution >= 4 is 23.9 Å². The molecule has 0 fully saturated rings. The van der Waals surface area contributed by atoms with Crippen molar-refractivity contribution in [3.63, 3.8) is 0 Å². The van der Waals surface area contributed by atoms with E-state index in [0.29, 0.717) is 0 Å². The molecule has 41 heavy (non-hydrogen) atoms. The van der Waals surface area contributed by atoms with Gasteiger partial charge in [-0.1, -0.05) is 68.7 Å². The standard InChI is InChI=1S/C35H24O6/c1-2-3-4-5-8-18-11-12-20-19-9-6-7-10-27(19)35(28(20)13-18)29-16-25-23(31(36)40-33(25)38)14-21(29)22-15-24-26(17-30(22)35)34(39)41-32(24)37/h6-7,9-17H,2-5,8H2,1H3. The van der Waals surface area contributed by atoms with E-state index in [2.05, 4.69) is 37.3 Å². The van der Waals surface area contributed by atoms with Crippen LogP contribution in [0.5, 0.6) is 0 Å². The maximum Gasteiger partial charge on any atom is 0.346 e. The number of esters is 4. The summed E-state index contributed by atoms with van der Waals surface area (Å²) in [5.74, 6) is -2.71. The molecular formula is C35H24O6. The van der Waals surface area contributed by atoms with Crippen LogP contribution in [0.25, 0.3) is 22.3 Å². The normalized spacial score (nSPS) is 16.2. The Morgan fingerprint density at radius 1 is 0.512 bits per heavy atom. The van der Waals surface area contributed by atoms with Gasteiger partial charge >= 0.3 is 23.9 Å². The van der Waals surface area contributed by atoms with Gasteiger partial charge in [0.15, 0.2) is 0 Å². The number of carbonyl (C=O) groups is 4. The van der Waals surface area contributed by atoms with Crippen LogP contribution in [0.4, 0.5) is 0 Å². The van der Waals surface area contributed by atoms with Crippen LogP contribution in [0.1, 0.15) is 102 Å². The fourth-order valence-corrected chi connectivity index (χ4v) is 7.29. The first-order valence-corrected chi connectivity index (χ1v) is 14.1. The summed E-state index contributed by atoms with van der Waals surface area (Å²) in [5.41, 5.74) is 8.56. The Labute approximate surface area is 235 Å². The summed E-state index contributed by atoms with van der Waals surface area (Å²) in [6, 6.07) is 21.8. The van der Waals surface area contributed by atoms with Crippen LogP contribution < -0.4 is 0 Å². The zero-order valence-electron chi connectivity index (χ0n) is 22.3. The molecule has 8 rings (SSSR count). The molecule has 0 unspecified atom stereocenters. The predicted octanol–water partition coefficient (Wildman–Crippen LogP) is 6.77. The van der Waals surface area contributed by atoms with Crippen molar-refractivity contribution in [1.82, 2.24) is 0 Å². The minimum absolute atomic E-state index is 0.201. The highest BCUT2D eigenvalue weighted by atomic mass is 16.6. The summed E-state index contributed by atoms with van der Waals surface area (Å²) < 4.78 is 9.96. The lowest BCUT2D eigenvalue weighted by atomic mass is 9.69. The third-order valence-electron chi connectivity index (χ3n) is 9.09. The van der Waals surface area contributed by atoms with E-state index in [1.165, 1.54) is 18.4 Å². The van der Waals surface area contributed by atoms with Crippen molar-refractivity contribution in [3.8, 4) is 22.3 Å². The van der Waals surface area contributed by atoms with Crippen molar-refractivity contribution in [2.24, 2.45) is 0 Å². The molecule has 0 amide bonds. The highest BCUT2D eigenvalue weighted by molar-refractivity contribution is 6.18. The molecule has 6 heteroatoms. The summed E-state index contributed by atoms with van der Waals surface area (Å²) in [5, 5.41) is 0. The Bertz CT molecular complexity index is 1830. The number of benzene rings is 4. The molecule has 0 saturated carbocycles. The quantitative estimate of drug-likeness (QED) is 0.136. The lowest BCUT2D eigenvalue weighted by Crippen LogP contribution is -2.26. The third-order valence-corrected chi connectivity index (χ3v) is 9.09. The molecule has 6 nitrogen and oxygen atoms in total. The second-order valence-electron chi connectivity index (χ2n) is 11.2. The van der Waals surface area contributed by atoms with Crippen molar-refractivity contribution in [2.75, 3.05) is 0 Å². The Hall–Kier alpha value is -4.84. The van der Waals surface area contributed by atoms with Crippen molar-refractivity contribution in [2.45, 2.75) is 44.4 Å². The van der Waals surface area contributed by atoms with Crippen LogP contribution in [0.3, 0.4) is 0 Å². The van der Waals surface area contributed by atoms with Gasteiger partial charge in [0.1, 0.15) is 0 Å². The first kappa shape index (κ1) is 24.0. The Morgan fingerprint density at radius 3 is 1.66 bits per heavy atom. The number of hydrogen-bond acceptors (Lipinski definition) is 6. The predicted molar refractivity (Wildman–Crippen MR) is 150 cm³/mol. The minimum Gasteiger partial charge on any atom is -0.386 e. The fourth-order valence-electron chi connectivity index (χ4n) is 7.29. The van der Waals surface area contributed by atoms with Crippen molar-refractivity contribution in [1.29, 1.82) is 0 Å². The Kier molecular flexibility index (Phi) is 4.88. The number of ether oxygens (including phenoxy) is 2. The van der Waals surface area contributed by atoms with E-state index in [0.717, 1.165) is 63.8 Å². The maximum absolute atomic E-state index is 12.8. The summed E-state index contributed by atoms with van der Waals surface area (Å²) in [6.45, 7) is 2.20. The Balaban J connectivity index is 1.46. The highest BCUT2D eigenvalue weighted by Gasteiger charge is 2.54. The van der Waals surface area contributed by atoms with Gasteiger partial charge in [0, 0.05) is 0 Å². The SMILES string of the molecule is CCCCCCc1ccc2c(c1)C1(c3ccccc3-2)c2cc3c(cc2-c2cc4c(cc21)C(=O)OC4=O)C(=O)OC3=O.